The van der Waals surface area contributed by atoms with Crippen LogP contribution in [0.2, 0.25) is 0 Å². The fourth-order valence-electron chi connectivity index (χ4n) is 3.01. The highest BCUT2D eigenvalue weighted by atomic mass is 32.3. The number of nitrogens with zero attached hydrogens (tertiary/aromatic N) is 3. The van der Waals surface area contributed by atoms with Gasteiger partial charge in [-0.3, -0.25) is 9.69 Å². The van der Waals surface area contributed by atoms with Crippen molar-refractivity contribution in [3.63, 3.8) is 0 Å². The van der Waals surface area contributed by atoms with E-state index in [1.807, 2.05) is 13.8 Å². The van der Waals surface area contributed by atoms with Crippen molar-refractivity contribution in [1.29, 1.82) is 0 Å². The molecule has 0 radical (unpaired) electrons. The number of carbonyl (C=O) groups excluding carboxylic acids is 1. The Morgan fingerprint density at radius 2 is 1.87 bits per heavy atom. The molecule has 0 aromatic heterocycles. The quantitative estimate of drug-likeness (QED) is 0.567. The molecule has 0 saturated carbocycles. The fourth-order valence-corrected chi connectivity index (χ4v) is 3.52. The number of ether oxygens (including phenoxy) is 1. The van der Waals surface area contributed by atoms with Crippen molar-refractivity contribution in [3.8, 4) is 5.75 Å². The molecule has 0 spiro atoms. The highest BCUT2D eigenvalue weighted by Crippen LogP contribution is 2.28. The van der Waals surface area contributed by atoms with Gasteiger partial charge in [0.1, 0.15) is 16.3 Å². The molecular weight excluding hydrogens is 427 g/mol. The predicted octanol–water partition coefficient (Wildman–Crippen LogP) is 1.55. The van der Waals surface area contributed by atoms with E-state index < -0.39 is 26.7 Å². The summed E-state index contributed by atoms with van der Waals surface area (Å²) in [5.74, 6) is 0.158. The molecule has 3 rings (SSSR count). The first kappa shape index (κ1) is 22.0. The van der Waals surface area contributed by atoms with Gasteiger partial charge >= 0.3 is 10.2 Å². The molecule has 0 aliphatic carbocycles. The molecule has 31 heavy (non-hydrogen) atoms. The Labute approximate surface area is 178 Å². The van der Waals surface area contributed by atoms with Crippen molar-refractivity contribution in [2.24, 2.45) is 21.5 Å². The minimum Gasteiger partial charge on any atom is -0.484 e. The third-order valence-electron chi connectivity index (χ3n) is 4.26. The summed E-state index contributed by atoms with van der Waals surface area (Å²) < 4.78 is 40.4. The number of guanidine groups is 2. The van der Waals surface area contributed by atoms with E-state index in [2.05, 4.69) is 15.3 Å². The fraction of sp³-hybridized carbons (Fsp3) is 0.211. The Balaban J connectivity index is 1.62. The Bertz CT molecular complexity index is 1160. The summed E-state index contributed by atoms with van der Waals surface area (Å²) >= 11 is 0. The van der Waals surface area contributed by atoms with Gasteiger partial charge in [0.15, 0.2) is 6.61 Å². The summed E-state index contributed by atoms with van der Waals surface area (Å²) in [5, 5.41) is 2.45. The summed E-state index contributed by atoms with van der Waals surface area (Å²) in [6.45, 7) is 3.32. The molecule has 2 aromatic carbocycles. The van der Waals surface area contributed by atoms with Gasteiger partial charge in [-0.2, -0.15) is 13.4 Å². The minimum absolute atomic E-state index is 0.0966. The number of nitrogens with two attached hydrogens (primary N) is 2. The highest BCUT2D eigenvalue weighted by Gasteiger charge is 2.32. The lowest BCUT2D eigenvalue weighted by atomic mass is 10.1. The van der Waals surface area contributed by atoms with Crippen LogP contribution in [0.3, 0.4) is 0 Å². The van der Waals surface area contributed by atoms with Crippen molar-refractivity contribution >= 4 is 39.4 Å². The molecule has 2 aromatic rings. The van der Waals surface area contributed by atoms with E-state index in [4.69, 9.17) is 16.2 Å². The summed E-state index contributed by atoms with van der Waals surface area (Å²) in [7, 11) is -4.86. The SMILES string of the molecule is CC1(C)N=C(N)N=C(N)N1c1ccc(OCC(=O)Nc2cccc(S(=O)(=O)F)c2)cc1. The van der Waals surface area contributed by atoms with Crippen LogP contribution in [0.1, 0.15) is 13.8 Å². The van der Waals surface area contributed by atoms with Crippen molar-refractivity contribution in [2.75, 3.05) is 16.8 Å². The smallest absolute Gasteiger partial charge is 0.332 e. The van der Waals surface area contributed by atoms with E-state index >= 15 is 0 Å². The first-order chi connectivity index (χ1) is 14.5. The van der Waals surface area contributed by atoms with Gasteiger partial charge in [0.05, 0.1) is 0 Å². The Morgan fingerprint density at radius 1 is 1.19 bits per heavy atom. The number of benzene rings is 2. The van der Waals surface area contributed by atoms with Gasteiger partial charge in [-0.05, 0) is 56.3 Å². The first-order valence-corrected chi connectivity index (χ1v) is 10.4. The van der Waals surface area contributed by atoms with Crippen LogP contribution in [0, 0.1) is 0 Å². The minimum atomic E-state index is -4.86. The Morgan fingerprint density at radius 3 is 2.48 bits per heavy atom. The molecule has 10 nitrogen and oxygen atoms in total. The van der Waals surface area contributed by atoms with Crippen LogP contribution < -0.4 is 26.4 Å². The number of hydrogen-bond donors (Lipinski definition) is 3. The Hall–Kier alpha value is -3.67. The second-order valence-electron chi connectivity index (χ2n) is 7.07. The molecule has 1 amide bonds. The van der Waals surface area contributed by atoms with Gasteiger partial charge in [-0.25, -0.2) is 4.99 Å². The summed E-state index contributed by atoms with van der Waals surface area (Å²) in [6, 6.07) is 11.6. The number of nitrogens with one attached hydrogen (secondary N) is 1. The van der Waals surface area contributed by atoms with Crippen LogP contribution >= 0.6 is 0 Å². The zero-order valence-corrected chi connectivity index (χ0v) is 17.6. The molecule has 0 saturated heterocycles. The van der Waals surface area contributed by atoms with E-state index in [-0.39, 0.29) is 24.2 Å². The van der Waals surface area contributed by atoms with Crippen molar-refractivity contribution in [3.05, 3.63) is 48.5 Å². The van der Waals surface area contributed by atoms with E-state index in [1.165, 1.54) is 12.1 Å². The van der Waals surface area contributed by atoms with E-state index in [9.17, 15) is 17.1 Å². The summed E-state index contributed by atoms with van der Waals surface area (Å²) in [5.41, 5.74) is 11.8. The summed E-state index contributed by atoms with van der Waals surface area (Å²) in [4.78, 5) is 21.5. The molecule has 164 valence electrons. The zero-order chi connectivity index (χ0) is 22.8. The van der Waals surface area contributed by atoms with Crippen LogP contribution in [0.5, 0.6) is 5.75 Å². The molecule has 1 aliphatic rings. The molecule has 0 fully saturated rings. The van der Waals surface area contributed by atoms with Crippen LogP contribution in [0.4, 0.5) is 15.3 Å². The van der Waals surface area contributed by atoms with Gasteiger partial charge in [-0.1, -0.05) is 6.07 Å². The number of amides is 1. The Kier molecular flexibility index (Phi) is 5.84. The van der Waals surface area contributed by atoms with E-state index in [1.54, 1.807) is 29.2 Å². The number of aliphatic imine (C=N–C) groups is 2. The zero-order valence-electron chi connectivity index (χ0n) is 16.7. The summed E-state index contributed by atoms with van der Waals surface area (Å²) in [6.07, 6.45) is 0. The molecule has 5 N–H and O–H groups in total. The average Bonchev–Trinajstić information content (AvgIpc) is 2.65. The highest BCUT2D eigenvalue weighted by molar-refractivity contribution is 7.86. The molecule has 1 aliphatic heterocycles. The van der Waals surface area contributed by atoms with Crippen LogP contribution in [0.15, 0.2) is 63.4 Å². The maximum atomic E-state index is 13.1. The number of hydrogen-bond acceptors (Lipinski definition) is 9. The third-order valence-corrected chi connectivity index (χ3v) is 5.07. The third kappa shape index (κ3) is 5.28. The predicted molar refractivity (Wildman–Crippen MR) is 115 cm³/mol. The van der Waals surface area contributed by atoms with Gasteiger partial charge in [-0.15, -0.1) is 3.89 Å². The molecule has 0 atom stereocenters. The van der Waals surface area contributed by atoms with Crippen LogP contribution in [-0.2, 0) is 15.0 Å². The maximum Gasteiger partial charge on any atom is 0.332 e. The second kappa shape index (κ2) is 8.22. The van der Waals surface area contributed by atoms with Crippen molar-refractivity contribution < 1.29 is 21.8 Å². The van der Waals surface area contributed by atoms with Crippen LogP contribution in [-0.4, -0.2) is 38.5 Å². The molecule has 0 unspecified atom stereocenters. The van der Waals surface area contributed by atoms with Crippen molar-refractivity contribution in [1.82, 2.24) is 0 Å². The van der Waals surface area contributed by atoms with Gasteiger partial charge in [0, 0.05) is 11.4 Å². The monoisotopic (exact) mass is 448 g/mol. The maximum absolute atomic E-state index is 13.1. The van der Waals surface area contributed by atoms with E-state index in [0.717, 1.165) is 12.1 Å². The largest absolute Gasteiger partial charge is 0.484 e. The number of halogens is 1. The lowest BCUT2D eigenvalue weighted by Gasteiger charge is -2.38. The van der Waals surface area contributed by atoms with Gasteiger partial charge in [0.25, 0.3) is 5.91 Å². The molecular formula is C19H21FN6O4S. The van der Waals surface area contributed by atoms with Gasteiger partial charge < -0.3 is 21.5 Å². The van der Waals surface area contributed by atoms with E-state index in [0.29, 0.717) is 11.4 Å². The second-order valence-corrected chi connectivity index (χ2v) is 8.41. The standard InChI is InChI=1S/C19H21FN6O4S/c1-19(2)25-17(21)24-18(22)26(19)13-6-8-14(9-7-13)30-11-16(27)23-12-4-3-5-15(10-12)31(20,28)29/h3-10H,11H2,1-2H3,(H,23,27)(H4,21,22,24,25). The lowest BCUT2D eigenvalue weighted by Crippen LogP contribution is -2.54. The molecule has 1 heterocycles. The number of anilines is 2. The molecule has 0 bridgehead atoms. The number of carbonyl (C=O) groups is 1. The van der Waals surface area contributed by atoms with Crippen LogP contribution in [0.25, 0.3) is 0 Å². The van der Waals surface area contributed by atoms with Crippen molar-refractivity contribution in [2.45, 2.75) is 24.4 Å². The number of rotatable bonds is 6. The lowest BCUT2D eigenvalue weighted by molar-refractivity contribution is -0.118. The van der Waals surface area contributed by atoms with Gasteiger partial charge in [0.2, 0.25) is 11.9 Å². The average molecular weight is 448 g/mol. The first-order valence-electron chi connectivity index (χ1n) is 9.03. The normalized spacial score (nSPS) is 15.6. The molecule has 12 heteroatoms. The topological polar surface area (TPSA) is 152 Å².